The second-order valence-corrected chi connectivity index (χ2v) is 13.6. The summed E-state index contributed by atoms with van der Waals surface area (Å²) in [5.74, 6) is -0.0679. The summed E-state index contributed by atoms with van der Waals surface area (Å²) < 4.78 is 30.9. The van der Waals surface area contributed by atoms with Gasteiger partial charge in [-0.2, -0.15) is 0 Å². The molecular weight excluding hydrogens is 587 g/mol. The van der Waals surface area contributed by atoms with Crippen molar-refractivity contribution in [1.82, 2.24) is 19.4 Å². The minimum atomic E-state index is -4.41. The van der Waals surface area contributed by atoms with Crippen LogP contribution in [0.4, 0.5) is 11.5 Å². The molecule has 0 saturated carbocycles. The molecule has 13 heteroatoms. The minimum absolute atomic E-state index is 0.117. The van der Waals surface area contributed by atoms with Crippen LogP contribution in [0.15, 0.2) is 66.0 Å². The van der Waals surface area contributed by atoms with E-state index in [2.05, 4.69) is 20.2 Å². The molecule has 1 unspecified atom stereocenters. The fraction of sp³-hybridized carbons (Fsp3) is 0.321. The third-order valence-electron chi connectivity index (χ3n) is 6.36. The van der Waals surface area contributed by atoms with Crippen LogP contribution in [-0.4, -0.2) is 72.2 Å². The maximum atomic E-state index is 14.1. The molecule has 0 radical (unpaired) electrons. The zero-order valence-electron chi connectivity index (χ0n) is 23.3. The van der Waals surface area contributed by atoms with E-state index >= 15 is 0 Å². The molecule has 2 N–H and O–H groups in total. The van der Waals surface area contributed by atoms with Gasteiger partial charge in [-0.15, -0.1) is 0 Å². The van der Waals surface area contributed by atoms with Gasteiger partial charge in [-0.3, -0.25) is 8.87 Å². The van der Waals surface area contributed by atoms with Crippen LogP contribution >= 0.6 is 23.2 Å². The van der Waals surface area contributed by atoms with E-state index in [1.54, 1.807) is 63.6 Å². The van der Waals surface area contributed by atoms with E-state index < -0.39 is 27.4 Å². The van der Waals surface area contributed by atoms with Gasteiger partial charge in [0.05, 0.1) is 28.5 Å². The zero-order chi connectivity index (χ0) is 30.1. The van der Waals surface area contributed by atoms with Gasteiger partial charge in [0.15, 0.2) is 5.82 Å². The Labute approximate surface area is 249 Å². The van der Waals surface area contributed by atoms with Crippen LogP contribution in [-0.2, 0) is 14.8 Å². The number of carboxylic acid groups (broad SMARTS) is 1. The topological polar surface area (TPSA) is 121 Å². The summed E-state index contributed by atoms with van der Waals surface area (Å²) in [5, 5.41) is 14.4. The molecule has 1 atom stereocenters. The van der Waals surface area contributed by atoms with Crippen LogP contribution in [0, 0.1) is 5.41 Å². The quantitative estimate of drug-likeness (QED) is 0.242. The second kappa shape index (κ2) is 11.8. The van der Waals surface area contributed by atoms with Gasteiger partial charge in [0, 0.05) is 34.7 Å². The zero-order valence-corrected chi connectivity index (χ0v) is 25.7. The lowest BCUT2D eigenvalue weighted by Gasteiger charge is -2.37. The van der Waals surface area contributed by atoms with Crippen molar-refractivity contribution in [2.75, 3.05) is 36.8 Å². The van der Waals surface area contributed by atoms with Crippen LogP contribution in [0.25, 0.3) is 16.7 Å². The number of carbonyl (C=O) groups is 1. The standard InChI is InChI=1S/C28H32Cl2N6O4S/c1-28(2,3)26(27(37)38)36(41(39,40)22-14-19(29)13-20(30)15-22)21-6-7-23-18(12-21)8-10-35(23)25-17-32-24(16-33-25)31-9-11-34(4)5/h6-8,10,12-17,26H,9,11H2,1-5H3,(H,31,32)(H,37,38). The number of hydrogen-bond acceptors (Lipinski definition) is 7. The van der Waals surface area contributed by atoms with Crippen molar-refractivity contribution in [1.29, 1.82) is 0 Å². The number of nitrogens with one attached hydrogen (secondary N) is 1. The summed E-state index contributed by atoms with van der Waals surface area (Å²) in [6.45, 7) is 6.59. The van der Waals surface area contributed by atoms with E-state index in [-0.39, 0.29) is 20.6 Å². The van der Waals surface area contributed by atoms with Gasteiger partial charge in [0.1, 0.15) is 11.9 Å². The van der Waals surface area contributed by atoms with E-state index in [0.717, 1.165) is 22.9 Å². The van der Waals surface area contributed by atoms with Crippen LogP contribution in [0.3, 0.4) is 0 Å². The van der Waals surface area contributed by atoms with Gasteiger partial charge in [-0.25, -0.2) is 23.2 Å². The number of rotatable bonds is 10. The first kappa shape index (κ1) is 30.6. The molecule has 0 aliphatic rings. The lowest BCUT2D eigenvalue weighted by atomic mass is 9.86. The number of aliphatic carboxylic acids is 1. The highest BCUT2D eigenvalue weighted by Gasteiger charge is 2.43. The molecule has 0 spiro atoms. The van der Waals surface area contributed by atoms with Crippen LogP contribution in [0.2, 0.25) is 10.0 Å². The third kappa shape index (κ3) is 6.75. The fourth-order valence-corrected chi connectivity index (χ4v) is 6.96. The summed E-state index contributed by atoms with van der Waals surface area (Å²) in [6, 6.07) is 9.23. The summed E-state index contributed by atoms with van der Waals surface area (Å²) in [5.41, 5.74) is -0.0533. The van der Waals surface area contributed by atoms with E-state index in [4.69, 9.17) is 23.2 Å². The normalized spacial score (nSPS) is 13.0. The highest BCUT2D eigenvalue weighted by molar-refractivity contribution is 7.93. The van der Waals surface area contributed by atoms with E-state index in [1.165, 1.54) is 18.2 Å². The highest BCUT2D eigenvalue weighted by Crippen LogP contribution is 2.37. The molecular formula is C28H32Cl2N6O4S. The van der Waals surface area contributed by atoms with Gasteiger partial charge in [0.2, 0.25) is 0 Å². The van der Waals surface area contributed by atoms with E-state index in [1.807, 2.05) is 18.7 Å². The molecule has 0 amide bonds. The van der Waals surface area contributed by atoms with Gasteiger partial charge in [-0.05, 0) is 62.0 Å². The van der Waals surface area contributed by atoms with Gasteiger partial charge < -0.3 is 15.3 Å². The predicted octanol–water partition coefficient (Wildman–Crippen LogP) is 5.40. The second-order valence-electron chi connectivity index (χ2n) is 10.9. The van der Waals surface area contributed by atoms with Gasteiger partial charge in [0.25, 0.3) is 10.0 Å². The predicted molar refractivity (Wildman–Crippen MR) is 163 cm³/mol. The summed E-state index contributed by atoms with van der Waals surface area (Å²) >= 11 is 12.2. The Bertz CT molecular complexity index is 1650. The van der Waals surface area contributed by atoms with E-state index in [0.29, 0.717) is 17.0 Å². The molecule has 10 nitrogen and oxygen atoms in total. The average molecular weight is 620 g/mol. The monoisotopic (exact) mass is 618 g/mol. The smallest absolute Gasteiger partial charge is 0.328 e. The number of aromatic nitrogens is 3. The first-order valence-corrected chi connectivity index (χ1v) is 14.9. The molecule has 0 fully saturated rings. The number of fused-ring (bicyclic) bond motifs is 1. The first-order chi connectivity index (χ1) is 19.2. The molecule has 2 aromatic heterocycles. The molecule has 4 aromatic rings. The maximum Gasteiger partial charge on any atom is 0.328 e. The largest absolute Gasteiger partial charge is 0.480 e. The first-order valence-electron chi connectivity index (χ1n) is 12.7. The van der Waals surface area contributed by atoms with Crippen molar-refractivity contribution in [2.24, 2.45) is 5.41 Å². The van der Waals surface area contributed by atoms with Crippen LogP contribution in [0.5, 0.6) is 0 Å². The third-order valence-corrected chi connectivity index (χ3v) is 8.57. The number of benzene rings is 2. The summed E-state index contributed by atoms with van der Waals surface area (Å²) in [4.78, 5) is 23.4. The van der Waals surface area contributed by atoms with Crippen molar-refractivity contribution < 1.29 is 18.3 Å². The van der Waals surface area contributed by atoms with Crippen molar-refractivity contribution in [3.05, 3.63) is 71.1 Å². The lowest BCUT2D eigenvalue weighted by Crippen LogP contribution is -2.52. The number of hydrogen-bond donors (Lipinski definition) is 2. The Balaban J connectivity index is 1.77. The number of halogens is 2. The van der Waals surface area contributed by atoms with Gasteiger partial charge in [-0.1, -0.05) is 44.0 Å². The molecule has 4 rings (SSSR count). The van der Waals surface area contributed by atoms with Crippen molar-refractivity contribution in [3.63, 3.8) is 0 Å². The van der Waals surface area contributed by atoms with Crippen LogP contribution < -0.4 is 9.62 Å². The number of nitrogens with zero attached hydrogens (tertiary/aromatic N) is 5. The Hall–Kier alpha value is -3.38. The molecule has 0 aliphatic heterocycles. The Morgan fingerprint density at radius 3 is 2.29 bits per heavy atom. The molecule has 41 heavy (non-hydrogen) atoms. The maximum absolute atomic E-state index is 14.1. The van der Waals surface area contributed by atoms with Crippen LogP contribution in [0.1, 0.15) is 20.8 Å². The molecule has 0 saturated heterocycles. The molecule has 2 aromatic carbocycles. The molecule has 218 valence electrons. The molecule has 2 heterocycles. The van der Waals surface area contributed by atoms with Crippen molar-refractivity contribution >= 4 is 61.6 Å². The SMILES string of the molecule is CN(C)CCNc1cnc(-n2ccc3cc(N(C(C(=O)O)C(C)(C)C)S(=O)(=O)c4cc(Cl)cc(Cl)c4)ccc32)cn1. The number of anilines is 2. The van der Waals surface area contributed by atoms with Gasteiger partial charge >= 0.3 is 5.97 Å². The Kier molecular flexibility index (Phi) is 8.84. The van der Waals surface area contributed by atoms with E-state index in [9.17, 15) is 18.3 Å². The highest BCUT2D eigenvalue weighted by atomic mass is 35.5. The molecule has 0 aliphatic carbocycles. The number of carboxylic acids is 1. The Morgan fingerprint density at radius 2 is 1.73 bits per heavy atom. The minimum Gasteiger partial charge on any atom is -0.480 e. The fourth-order valence-electron chi connectivity index (χ4n) is 4.45. The van der Waals surface area contributed by atoms with Crippen molar-refractivity contribution in [3.8, 4) is 5.82 Å². The number of sulfonamides is 1. The molecule has 0 bridgehead atoms. The number of likely N-dealkylation sites (N-methyl/N-ethyl adjacent to an activating group) is 1. The summed E-state index contributed by atoms with van der Waals surface area (Å²) in [7, 11) is -0.431. The lowest BCUT2D eigenvalue weighted by molar-refractivity contribution is -0.140. The summed E-state index contributed by atoms with van der Waals surface area (Å²) in [6.07, 6.45) is 5.09. The average Bonchev–Trinajstić information content (AvgIpc) is 3.29. The van der Waals surface area contributed by atoms with Crippen molar-refractivity contribution in [2.45, 2.75) is 31.7 Å². The Morgan fingerprint density at radius 1 is 1.05 bits per heavy atom.